The van der Waals surface area contributed by atoms with Crippen molar-refractivity contribution in [2.75, 3.05) is 0 Å². The van der Waals surface area contributed by atoms with Crippen LogP contribution < -0.4 is 0 Å². The number of nitrogens with zero attached hydrogens (tertiary/aromatic N) is 1. The highest BCUT2D eigenvalue weighted by Gasteiger charge is 2.37. The Morgan fingerprint density at radius 2 is 2.23 bits per heavy atom. The summed E-state index contributed by atoms with van der Waals surface area (Å²) in [5.74, 6) is 3.22. The van der Waals surface area contributed by atoms with E-state index in [9.17, 15) is 4.79 Å². The van der Waals surface area contributed by atoms with E-state index in [1.165, 1.54) is 6.42 Å². The van der Waals surface area contributed by atoms with Gasteiger partial charge in [0, 0.05) is 18.2 Å². The molecule has 2 atom stereocenters. The van der Waals surface area contributed by atoms with Gasteiger partial charge in [-0.3, -0.25) is 4.79 Å². The molecule has 0 aromatic carbocycles. The molecule has 0 radical (unpaired) electrons. The molecule has 0 spiro atoms. The maximum atomic E-state index is 12.6. The standard InChI is InChI=1S/C17H19ClN2O2/c1-10-6-14(10)16-5-4-13(22-16)9-20(12-2-3-12)17(21)15-7-11(18)8-19-15/h4-5,7-8,10,12,14,19H,2-3,6,9H2,1H3. The summed E-state index contributed by atoms with van der Waals surface area (Å²) in [7, 11) is 0. The molecular weight excluding hydrogens is 300 g/mol. The van der Waals surface area contributed by atoms with Crippen LogP contribution in [-0.2, 0) is 6.54 Å². The van der Waals surface area contributed by atoms with E-state index in [-0.39, 0.29) is 5.91 Å². The Morgan fingerprint density at radius 1 is 1.45 bits per heavy atom. The lowest BCUT2D eigenvalue weighted by molar-refractivity contribution is 0.0711. The summed E-state index contributed by atoms with van der Waals surface area (Å²) in [4.78, 5) is 17.5. The molecule has 0 bridgehead atoms. The van der Waals surface area contributed by atoms with Crippen LogP contribution in [0, 0.1) is 5.92 Å². The lowest BCUT2D eigenvalue weighted by Gasteiger charge is -2.20. The Morgan fingerprint density at radius 3 is 2.82 bits per heavy atom. The Bertz CT molecular complexity index is 701. The van der Waals surface area contributed by atoms with Crippen molar-refractivity contribution in [3.8, 4) is 0 Å². The zero-order chi connectivity index (χ0) is 15.3. The van der Waals surface area contributed by atoms with Crippen molar-refractivity contribution in [1.29, 1.82) is 0 Å². The number of nitrogens with one attached hydrogen (secondary N) is 1. The van der Waals surface area contributed by atoms with Gasteiger partial charge in [0.1, 0.15) is 17.2 Å². The Balaban J connectivity index is 1.50. The van der Waals surface area contributed by atoms with Gasteiger partial charge < -0.3 is 14.3 Å². The molecule has 5 heteroatoms. The van der Waals surface area contributed by atoms with Crippen LogP contribution in [-0.4, -0.2) is 21.8 Å². The van der Waals surface area contributed by atoms with Crippen LogP contribution in [0.25, 0.3) is 0 Å². The zero-order valence-electron chi connectivity index (χ0n) is 12.5. The molecule has 2 aromatic heterocycles. The van der Waals surface area contributed by atoms with Crippen LogP contribution >= 0.6 is 11.6 Å². The molecule has 116 valence electrons. The second-order valence-corrected chi connectivity index (χ2v) is 6.96. The first-order chi connectivity index (χ1) is 10.6. The maximum Gasteiger partial charge on any atom is 0.270 e. The van der Waals surface area contributed by atoms with Gasteiger partial charge in [-0.25, -0.2) is 0 Å². The number of H-pyrrole nitrogens is 1. The molecule has 2 aliphatic rings. The van der Waals surface area contributed by atoms with E-state index >= 15 is 0 Å². The minimum absolute atomic E-state index is 0.00728. The molecule has 0 saturated heterocycles. The van der Waals surface area contributed by atoms with E-state index in [4.69, 9.17) is 16.0 Å². The fourth-order valence-electron chi connectivity index (χ4n) is 2.96. The largest absolute Gasteiger partial charge is 0.464 e. The Labute approximate surface area is 134 Å². The van der Waals surface area contributed by atoms with E-state index in [0.29, 0.717) is 29.2 Å². The number of rotatable bonds is 5. The molecule has 2 fully saturated rings. The molecule has 4 rings (SSSR count). The maximum absolute atomic E-state index is 12.6. The second-order valence-electron chi connectivity index (χ2n) is 6.52. The van der Waals surface area contributed by atoms with E-state index in [2.05, 4.69) is 18.0 Å². The van der Waals surface area contributed by atoms with Crippen LogP contribution in [0.3, 0.4) is 0 Å². The molecule has 1 amide bonds. The number of halogens is 1. The SMILES string of the molecule is CC1CC1c1ccc(CN(C(=O)c2cc(Cl)c[nH]2)C2CC2)o1. The van der Waals surface area contributed by atoms with Crippen molar-refractivity contribution < 1.29 is 9.21 Å². The van der Waals surface area contributed by atoms with Crippen molar-refractivity contribution in [3.05, 3.63) is 46.6 Å². The van der Waals surface area contributed by atoms with Crippen LogP contribution in [0.5, 0.6) is 0 Å². The van der Waals surface area contributed by atoms with E-state index < -0.39 is 0 Å². The molecule has 22 heavy (non-hydrogen) atoms. The average Bonchev–Trinajstić information content (AvgIpc) is 3.37. The van der Waals surface area contributed by atoms with Crippen LogP contribution in [0.1, 0.15) is 54.1 Å². The summed E-state index contributed by atoms with van der Waals surface area (Å²) in [6, 6.07) is 6.07. The van der Waals surface area contributed by atoms with E-state index in [1.54, 1.807) is 12.3 Å². The number of carbonyl (C=O) groups excluding carboxylic acids is 1. The molecule has 2 saturated carbocycles. The normalized spacial score (nSPS) is 23.5. The quantitative estimate of drug-likeness (QED) is 0.898. The number of amides is 1. The lowest BCUT2D eigenvalue weighted by atomic mass is 10.3. The summed E-state index contributed by atoms with van der Waals surface area (Å²) in [6.45, 7) is 2.77. The highest BCUT2D eigenvalue weighted by Crippen LogP contribution is 2.47. The third kappa shape index (κ3) is 2.68. The Kier molecular flexibility index (Phi) is 3.30. The molecule has 0 aliphatic heterocycles. The first-order valence-corrected chi connectivity index (χ1v) is 8.23. The molecule has 4 nitrogen and oxygen atoms in total. The highest BCUT2D eigenvalue weighted by atomic mass is 35.5. The second kappa shape index (κ2) is 5.20. The molecule has 1 N–H and O–H groups in total. The minimum Gasteiger partial charge on any atom is -0.464 e. The molecule has 2 unspecified atom stereocenters. The monoisotopic (exact) mass is 318 g/mol. The predicted molar refractivity (Wildman–Crippen MR) is 83.9 cm³/mol. The summed E-state index contributed by atoms with van der Waals surface area (Å²) in [5.41, 5.74) is 0.541. The third-order valence-corrected chi connectivity index (χ3v) is 4.83. The molecule has 2 aliphatic carbocycles. The lowest BCUT2D eigenvalue weighted by Crippen LogP contribution is -2.32. The topological polar surface area (TPSA) is 49.2 Å². The molecular formula is C17H19ClN2O2. The summed E-state index contributed by atoms with van der Waals surface area (Å²) >= 11 is 5.90. The minimum atomic E-state index is -0.00728. The van der Waals surface area contributed by atoms with Crippen molar-refractivity contribution in [3.63, 3.8) is 0 Å². The number of carbonyl (C=O) groups is 1. The fourth-order valence-corrected chi connectivity index (χ4v) is 3.13. The highest BCUT2D eigenvalue weighted by molar-refractivity contribution is 6.30. The van der Waals surface area contributed by atoms with Gasteiger partial charge in [-0.15, -0.1) is 0 Å². The Hall–Kier alpha value is -1.68. The van der Waals surface area contributed by atoms with Gasteiger partial charge in [0.05, 0.1) is 11.6 Å². The van der Waals surface area contributed by atoms with Gasteiger partial charge in [0.2, 0.25) is 0 Å². The van der Waals surface area contributed by atoms with Gasteiger partial charge in [-0.2, -0.15) is 0 Å². The van der Waals surface area contributed by atoms with Crippen LogP contribution in [0.15, 0.2) is 28.8 Å². The fraction of sp³-hybridized carbons (Fsp3) is 0.471. The van der Waals surface area contributed by atoms with E-state index in [0.717, 1.165) is 30.3 Å². The summed E-state index contributed by atoms with van der Waals surface area (Å²) < 4.78 is 5.95. The smallest absolute Gasteiger partial charge is 0.270 e. The summed E-state index contributed by atoms with van der Waals surface area (Å²) in [6.07, 6.45) is 4.97. The van der Waals surface area contributed by atoms with Crippen molar-refractivity contribution in [1.82, 2.24) is 9.88 Å². The van der Waals surface area contributed by atoms with Gasteiger partial charge in [0.25, 0.3) is 5.91 Å². The third-order valence-electron chi connectivity index (χ3n) is 4.61. The number of aromatic nitrogens is 1. The molecule has 2 heterocycles. The van der Waals surface area contributed by atoms with Gasteiger partial charge >= 0.3 is 0 Å². The predicted octanol–water partition coefficient (Wildman–Crippen LogP) is 4.19. The number of furan rings is 1. The zero-order valence-corrected chi connectivity index (χ0v) is 13.3. The molecule has 2 aromatic rings. The van der Waals surface area contributed by atoms with Crippen LogP contribution in [0.2, 0.25) is 5.02 Å². The van der Waals surface area contributed by atoms with Crippen molar-refractivity contribution in [2.24, 2.45) is 5.92 Å². The van der Waals surface area contributed by atoms with Crippen LogP contribution in [0.4, 0.5) is 0 Å². The van der Waals surface area contributed by atoms with Crippen molar-refractivity contribution in [2.45, 2.75) is 44.7 Å². The van der Waals surface area contributed by atoms with Gasteiger partial charge in [-0.05, 0) is 43.4 Å². The first-order valence-electron chi connectivity index (χ1n) is 7.85. The number of hydrogen-bond acceptors (Lipinski definition) is 2. The van der Waals surface area contributed by atoms with E-state index in [1.807, 2.05) is 11.0 Å². The average molecular weight is 319 g/mol. The number of hydrogen-bond donors (Lipinski definition) is 1. The van der Waals surface area contributed by atoms with Gasteiger partial charge in [0.15, 0.2) is 0 Å². The first kappa shape index (κ1) is 13.9. The van der Waals surface area contributed by atoms with Crippen molar-refractivity contribution >= 4 is 17.5 Å². The number of aromatic amines is 1. The summed E-state index contributed by atoms with van der Waals surface area (Å²) in [5, 5.41) is 0.558. The van der Waals surface area contributed by atoms with Gasteiger partial charge in [-0.1, -0.05) is 18.5 Å².